The zero-order valence-corrected chi connectivity index (χ0v) is 16.2. The summed E-state index contributed by atoms with van der Waals surface area (Å²) in [6, 6.07) is 2.98. The van der Waals surface area contributed by atoms with Gasteiger partial charge in [0.15, 0.2) is 0 Å². The van der Waals surface area contributed by atoms with Crippen molar-refractivity contribution in [2.45, 2.75) is 45.0 Å². The van der Waals surface area contributed by atoms with Crippen molar-refractivity contribution in [3.8, 4) is 10.6 Å². The molecule has 11 heteroatoms. The molecule has 29 heavy (non-hydrogen) atoms. The Kier molecular flexibility index (Phi) is 5.98. The van der Waals surface area contributed by atoms with Crippen molar-refractivity contribution in [3.63, 3.8) is 0 Å². The van der Waals surface area contributed by atoms with E-state index in [-0.39, 0.29) is 36.0 Å². The van der Waals surface area contributed by atoms with Crippen LogP contribution in [0.15, 0.2) is 16.7 Å². The van der Waals surface area contributed by atoms with Gasteiger partial charge in [-0.15, -0.1) is 11.3 Å². The number of carbonyl (C=O) groups excluding carboxylic acids is 1. The predicted molar refractivity (Wildman–Crippen MR) is 93.5 cm³/mol. The van der Waals surface area contributed by atoms with Gasteiger partial charge >= 0.3 is 12.4 Å². The second kappa shape index (κ2) is 8.00. The van der Waals surface area contributed by atoms with Gasteiger partial charge in [-0.1, -0.05) is 5.16 Å². The van der Waals surface area contributed by atoms with E-state index in [0.29, 0.717) is 29.1 Å². The fourth-order valence-electron chi connectivity index (χ4n) is 3.42. The SMILES string of the molecule is Cc1c(-c2ccc(C(=O)N3CCCC(CCC(F)(F)F)C3)s2)noc1C(F)(F)F. The van der Waals surface area contributed by atoms with Crippen LogP contribution in [0.25, 0.3) is 10.6 Å². The average Bonchev–Trinajstić information content (AvgIpc) is 3.25. The highest BCUT2D eigenvalue weighted by atomic mass is 32.1. The highest BCUT2D eigenvalue weighted by molar-refractivity contribution is 7.17. The first-order chi connectivity index (χ1) is 13.5. The molecule has 0 aromatic carbocycles. The molecule has 1 aliphatic rings. The Hall–Kier alpha value is -2.04. The van der Waals surface area contributed by atoms with Crippen LogP contribution in [0.4, 0.5) is 26.3 Å². The summed E-state index contributed by atoms with van der Waals surface area (Å²) in [5, 5.41) is 3.48. The number of aromatic nitrogens is 1. The molecule has 2 aromatic heterocycles. The maximum atomic E-state index is 12.9. The molecule has 1 fully saturated rings. The Bertz CT molecular complexity index is 871. The maximum absolute atomic E-state index is 12.9. The predicted octanol–water partition coefficient (Wildman–Crippen LogP) is 5.93. The Labute approximate surface area is 166 Å². The minimum absolute atomic E-state index is 0.0167. The van der Waals surface area contributed by atoms with Crippen LogP contribution in [0, 0.1) is 12.8 Å². The van der Waals surface area contributed by atoms with Gasteiger partial charge in [0.25, 0.3) is 5.91 Å². The van der Waals surface area contributed by atoms with Crippen LogP contribution in [0.2, 0.25) is 0 Å². The van der Waals surface area contributed by atoms with E-state index in [1.807, 2.05) is 0 Å². The number of amides is 1. The Morgan fingerprint density at radius 3 is 2.62 bits per heavy atom. The monoisotopic (exact) mass is 440 g/mol. The number of hydrogen-bond donors (Lipinski definition) is 0. The van der Waals surface area contributed by atoms with Crippen molar-refractivity contribution in [3.05, 3.63) is 28.3 Å². The van der Waals surface area contributed by atoms with Crippen molar-refractivity contribution in [1.82, 2.24) is 10.1 Å². The lowest BCUT2D eigenvalue weighted by Crippen LogP contribution is -2.39. The van der Waals surface area contributed by atoms with Gasteiger partial charge in [-0.05, 0) is 44.2 Å². The number of alkyl halides is 6. The first-order valence-electron chi connectivity index (χ1n) is 8.95. The molecule has 2 aromatic rings. The third-order valence-corrected chi connectivity index (χ3v) is 5.95. The van der Waals surface area contributed by atoms with Crippen LogP contribution >= 0.6 is 11.3 Å². The van der Waals surface area contributed by atoms with Gasteiger partial charge in [0, 0.05) is 25.1 Å². The molecule has 1 saturated heterocycles. The molecule has 0 spiro atoms. The minimum atomic E-state index is -4.66. The zero-order chi connectivity index (χ0) is 21.4. The molecule has 1 atom stereocenters. The van der Waals surface area contributed by atoms with E-state index < -0.39 is 24.5 Å². The van der Waals surface area contributed by atoms with Gasteiger partial charge in [-0.3, -0.25) is 4.79 Å². The number of thiophene rings is 1. The van der Waals surface area contributed by atoms with Gasteiger partial charge in [0.1, 0.15) is 5.69 Å². The number of nitrogens with zero attached hydrogens (tertiary/aromatic N) is 2. The van der Waals surface area contributed by atoms with E-state index >= 15 is 0 Å². The fourth-order valence-corrected chi connectivity index (χ4v) is 4.43. The van der Waals surface area contributed by atoms with Gasteiger partial charge in [0.05, 0.1) is 9.75 Å². The summed E-state index contributed by atoms with van der Waals surface area (Å²) in [6.07, 6.45) is -8.54. The molecule has 1 aliphatic heterocycles. The lowest BCUT2D eigenvalue weighted by Gasteiger charge is -2.32. The van der Waals surface area contributed by atoms with Gasteiger partial charge < -0.3 is 9.42 Å². The van der Waals surface area contributed by atoms with E-state index in [4.69, 9.17) is 0 Å². The zero-order valence-electron chi connectivity index (χ0n) is 15.4. The summed E-state index contributed by atoms with van der Waals surface area (Å²) in [4.78, 5) is 14.9. The number of hydrogen-bond acceptors (Lipinski definition) is 4. The van der Waals surface area contributed by atoms with Crippen molar-refractivity contribution in [2.75, 3.05) is 13.1 Å². The smallest absolute Gasteiger partial charge is 0.351 e. The number of likely N-dealkylation sites (tertiary alicyclic amines) is 1. The normalized spacial score (nSPS) is 18.3. The van der Waals surface area contributed by atoms with E-state index in [1.54, 1.807) is 0 Å². The van der Waals surface area contributed by atoms with Crippen LogP contribution in [0.5, 0.6) is 0 Å². The quantitative estimate of drug-likeness (QED) is 0.554. The average molecular weight is 440 g/mol. The molecule has 0 N–H and O–H groups in total. The molecule has 0 aliphatic carbocycles. The number of carbonyl (C=O) groups is 1. The fraction of sp³-hybridized carbons (Fsp3) is 0.556. The number of rotatable bonds is 4. The lowest BCUT2D eigenvalue weighted by molar-refractivity contribution is -0.156. The molecule has 1 amide bonds. The summed E-state index contributed by atoms with van der Waals surface area (Å²) in [5.41, 5.74) is -0.147. The molecule has 0 saturated carbocycles. The molecule has 0 radical (unpaired) electrons. The number of piperidine rings is 1. The van der Waals surface area contributed by atoms with E-state index in [9.17, 15) is 31.1 Å². The van der Waals surface area contributed by atoms with Crippen LogP contribution in [0.3, 0.4) is 0 Å². The van der Waals surface area contributed by atoms with Gasteiger partial charge in [-0.2, -0.15) is 26.3 Å². The minimum Gasteiger partial charge on any atom is -0.351 e. The van der Waals surface area contributed by atoms with Crippen LogP contribution in [-0.2, 0) is 6.18 Å². The van der Waals surface area contributed by atoms with Crippen LogP contribution < -0.4 is 0 Å². The summed E-state index contributed by atoms with van der Waals surface area (Å²) in [5.74, 6) is -1.74. The molecule has 4 nitrogen and oxygen atoms in total. The lowest BCUT2D eigenvalue weighted by atomic mass is 9.93. The molecule has 1 unspecified atom stereocenters. The first kappa shape index (κ1) is 21.7. The molecule has 160 valence electrons. The standard InChI is InChI=1S/C18H18F6N2O2S/c1-10-14(25-28-15(10)18(22,23)24)12-4-5-13(29-12)16(27)26-8-2-3-11(9-26)6-7-17(19,20)21/h4-5,11H,2-3,6-9H2,1H3. The molecular formula is C18H18F6N2O2S. The molecule has 3 heterocycles. The van der Waals surface area contributed by atoms with Gasteiger partial charge in [0.2, 0.25) is 5.76 Å². The van der Waals surface area contributed by atoms with E-state index in [1.165, 1.54) is 24.0 Å². The van der Waals surface area contributed by atoms with Crippen LogP contribution in [0.1, 0.15) is 46.7 Å². The Morgan fingerprint density at radius 1 is 1.28 bits per heavy atom. The van der Waals surface area contributed by atoms with E-state index in [0.717, 1.165) is 11.3 Å². The van der Waals surface area contributed by atoms with Crippen LogP contribution in [-0.4, -0.2) is 35.2 Å². The first-order valence-corrected chi connectivity index (χ1v) is 9.77. The topological polar surface area (TPSA) is 46.3 Å². The van der Waals surface area contributed by atoms with Gasteiger partial charge in [-0.25, -0.2) is 0 Å². The largest absolute Gasteiger partial charge is 0.452 e. The summed E-state index contributed by atoms with van der Waals surface area (Å²) >= 11 is 0.984. The molecule has 3 rings (SSSR count). The summed E-state index contributed by atoms with van der Waals surface area (Å²) in [7, 11) is 0. The third-order valence-electron chi connectivity index (χ3n) is 4.87. The van der Waals surface area contributed by atoms with Crippen molar-refractivity contribution in [1.29, 1.82) is 0 Å². The van der Waals surface area contributed by atoms with Crippen molar-refractivity contribution < 1.29 is 35.7 Å². The Balaban J connectivity index is 1.70. The highest BCUT2D eigenvalue weighted by Crippen LogP contribution is 2.38. The second-order valence-corrected chi connectivity index (χ2v) is 8.14. The third kappa shape index (κ3) is 5.12. The maximum Gasteiger partial charge on any atom is 0.452 e. The molecule has 0 bridgehead atoms. The van der Waals surface area contributed by atoms with E-state index in [2.05, 4.69) is 9.68 Å². The molecular weight excluding hydrogens is 422 g/mol. The summed E-state index contributed by atoms with van der Waals surface area (Å²) in [6.45, 7) is 1.92. The Morgan fingerprint density at radius 2 is 2.00 bits per heavy atom. The van der Waals surface area contributed by atoms with Crippen molar-refractivity contribution >= 4 is 17.2 Å². The van der Waals surface area contributed by atoms with Crippen molar-refractivity contribution in [2.24, 2.45) is 5.92 Å². The second-order valence-electron chi connectivity index (χ2n) is 7.06. The summed E-state index contributed by atoms with van der Waals surface area (Å²) < 4.78 is 80.3. The highest BCUT2D eigenvalue weighted by Gasteiger charge is 2.39. The number of halogens is 6.